The lowest BCUT2D eigenvalue weighted by molar-refractivity contribution is 0.174. The van der Waals surface area contributed by atoms with Crippen LogP contribution >= 0.6 is 11.6 Å². The number of nitrogens with two attached hydrogens (primary N) is 1. The third kappa shape index (κ3) is 3.77. The summed E-state index contributed by atoms with van der Waals surface area (Å²) in [5.41, 5.74) is 8.27. The Morgan fingerprint density at radius 3 is 2.62 bits per heavy atom. The molecular formula is C19H22ClNO3. The predicted molar refractivity (Wildman–Crippen MR) is 95.3 cm³/mol. The van der Waals surface area contributed by atoms with Crippen LogP contribution in [0.4, 0.5) is 0 Å². The zero-order valence-electron chi connectivity index (χ0n) is 13.9. The molecule has 24 heavy (non-hydrogen) atoms. The van der Waals surface area contributed by atoms with Crippen molar-refractivity contribution in [2.45, 2.75) is 32.3 Å². The summed E-state index contributed by atoms with van der Waals surface area (Å²) in [7, 11) is 0. The van der Waals surface area contributed by atoms with Crippen molar-refractivity contribution in [2.24, 2.45) is 5.73 Å². The summed E-state index contributed by atoms with van der Waals surface area (Å²) in [5, 5.41) is 0.627. The van der Waals surface area contributed by atoms with E-state index in [2.05, 4.69) is 0 Å². The number of halogens is 1. The standard InChI is InChI=1S/C19H22ClNO3/c1-12(2)24-17-5-3-13(8-16(17)20)7-15(10-21)14-4-6-18-19(9-14)23-11-22-18/h3-6,8-9,12,15H,7,10-11,21H2,1-2H3. The second-order valence-electron chi connectivity index (χ2n) is 6.18. The topological polar surface area (TPSA) is 53.7 Å². The van der Waals surface area contributed by atoms with Crippen LogP contribution in [0.25, 0.3) is 0 Å². The van der Waals surface area contributed by atoms with Crippen LogP contribution in [0.5, 0.6) is 17.2 Å². The first-order chi connectivity index (χ1) is 11.6. The molecule has 3 rings (SSSR count). The number of benzene rings is 2. The van der Waals surface area contributed by atoms with Gasteiger partial charge >= 0.3 is 0 Å². The molecule has 0 saturated carbocycles. The van der Waals surface area contributed by atoms with E-state index in [0.717, 1.165) is 29.0 Å². The molecule has 1 atom stereocenters. The zero-order chi connectivity index (χ0) is 17.1. The maximum Gasteiger partial charge on any atom is 0.231 e. The van der Waals surface area contributed by atoms with E-state index in [1.807, 2.05) is 50.2 Å². The van der Waals surface area contributed by atoms with E-state index in [4.69, 9.17) is 31.5 Å². The molecule has 0 bridgehead atoms. The summed E-state index contributed by atoms with van der Waals surface area (Å²) in [6.07, 6.45) is 0.899. The fraction of sp³-hybridized carbons (Fsp3) is 0.368. The highest BCUT2D eigenvalue weighted by atomic mass is 35.5. The molecule has 0 radical (unpaired) electrons. The average Bonchev–Trinajstić information content (AvgIpc) is 3.02. The number of ether oxygens (including phenoxy) is 3. The summed E-state index contributed by atoms with van der Waals surface area (Å²) >= 11 is 6.33. The SMILES string of the molecule is CC(C)Oc1ccc(CC(CN)c2ccc3c(c2)OCO3)cc1Cl. The first-order valence-corrected chi connectivity index (χ1v) is 8.49. The normalized spacial score (nSPS) is 14.0. The lowest BCUT2D eigenvalue weighted by Gasteiger charge is -2.17. The van der Waals surface area contributed by atoms with Gasteiger partial charge < -0.3 is 19.9 Å². The second-order valence-corrected chi connectivity index (χ2v) is 6.59. The quantitative estimate of drug-likeness (QED) is 0.853. The van der Waals surface area contributed by atoms with Crippen molar-refractivity contribution in [3.63, 3.8) is 0 Å². The Morgan fingerprint density at radius 1 is 1.12 bits per heavy atom. The molecule has 0 aliphatic carbocycles. The third-order valence-corrected chi connectivity index (χ3v) is 4.29. The van der Waals surface area contributed by atoms with Crippen LogP contribution in [0, 0.1) is 0 Å². The Kier molecular flexibility index (Phi) is 5.17. The van der Waals surface area contributed by atoms with Crippen molar-refractivity contribution >= 4 is 11.6 Å². The van der Waals surface area contributed by atoms with Crippen molar-refractivity contribution in [1.29, 1.82) is 0 Å². The molecule has 4 nitrogen and oxygen atoms in total. The number of hydrogen-bond acceptors (Lipinski definition) is 4. The second kappa shape index (κ2) is 7.32. The number of rotatable bonds is 6. The van der Waals surface area contributed by atoms with Crippen molar-refractivity contribution < 1.29 is 14.2 Å². The van der Waals surface area contributed by atoms with Crippen molar-refractivity contribution in [3.8, 4) is 17.2 Å². The van der Waals surface area contributed by atoms with Crippen molar-refractivity contribution in [1.82, 2.24) is 0 Å². The highest BCUT2D eigenvalue weighted by molar-refractivity contribution is 6.32. The van der Waals surface area contributed by atoms with Crippen LogP contribution in [0.15, 0.2) is 36.4 Å². The molecule has 1 unspecified atom stereocenters. The molecule has 1 aliphatic rings. The van der Waals surface area contributed by atoms with Gasteiger partial charge in [-0.15, -0.1) is 0 Å². The van der Waals surface area contributed by atoms with E-state index in [-0.39, 0.29) is 18.8 Å². The van der Waals surface area contributed by atoms with E-state index < -0.39 is 0 Å². The van der Waals surface area contributed by atoms with Crippen LogP contribution in [-0.4, -0.2) is 19.4 Å². The fourth-order valence-electron chi connectivity index (χ4n) is 2.81. The monoisotopic (exact) mass is 347 g/mol. The molecule has 0 fully saturated rings. The largest absolute Gasteiger partial charge is 0.489 e. The minimum atomic E-state index is 0.0961. The molecular weight excluding hydrogens is 326 g/mol. The lowest BCUT2D eigenvalue weighted by atomic mass is 9.92. The Balaban J connectivity index is 1.77. The van der Waals surface area contributed by atoms with Crippen LogP contribution in [0.2, 0.25) is 5.02 Å². The van der Waals surface area contributed by atoms with E-state index >= 15 is 0 Å². The summed E-state index contributed by atoms with van der Waals surface area (Å²) in [6.45, 7) is 4.78. The zero-order valence-corrected chi connectivity index (χ0v) is 14.7. The Bertz CT molecular complexity index is 718. The molecule has 128 valence electrons. The van der Waals surface area contributed by atoms with Crippen LogP contribution in [0.1, 0.15) is 30.9 Å². The summed E-state index contributed by atoms with van der Waals surface area (Å²) in [6, 6.07) is 11.9. The van der Waals surface area contributed by atoms with Gasteiger partial charge in [-0.25, -0.2) is 0 Å². The van der Waals surface area contributed by atoms with Gasteiger partial charge in [0.25, 0.3) is 0 Å². The lowest BCUT2D eigenvalue weighted by Crippen LogP contribution is -2.15. The smallest absolute Gasteiger partial charge is 0.231 e. The highest BCUT2D eigenvalue weighted by Gasteiger charge is 2.18. The molecule has 0 saturated heterocycles. The first kappa shape index (κ1) is 16.9. The molecule has 2 aromatic rings. The predicted octanol–water partition coefficient (Wildman–Crippen LogP) is 4.14. The van der Waals surface area contributed by atoms with Gasteiger partial charge in [-0.05, 0) is 62.2 Å². The van der Waals surface area contributed by atoms with Gasteiger partial charge in [-0.1, -0.05) is 23.7 Å². The Hall–Kier alpha value is -1.91. The van der Waals surface area contributed by atoms with Gasteiger partial charge in [0.2, 0.25) is 6.79 Å². The molecule has 0 spiro atoms. The molecule has 2 N–H and O–H groups in total. The number of hydrogen-bond donors (Lipinski definition) is 1. The third-order valence-electron chi connectivity index (χ3n) is 3.99. The summed E-state index contributed by atoms with van der Waals surface area (Å²) in [5.74, 6) is 2.47. The molecule has 0 aromatic heterocycles. The Morgan fingerprint density at radius 2 is 1.92 bits per heavy atom. The molecule has 2 aromatic carbocycles. The van der Waals surface area contributed by atoms with Gasteiger partial charge in [-0.3, -0.25) is 0 Å². The minimum absolute atomic E-state index is 0.0961. The van der Waals surface area contributed by atoms with Crippen LogP contribution in [0.3, 0.4) is 0 Å². The van der Waals surface area contributed by atoms with Gasteiger partial charge in [0.15, 0.2) is 11.5 Å². The van der Waals surface area contributed by atoms with E-state index in [1.54, 1.807) is 0 Å². The molecule has 1 heterocycles. The van der Waals surface area contributed by atoms with Gasteiger partial charge in [0, 0.05) is 5.92 Å². The van der Waals surface area contributed by atoms with Gasteiger partial charge in [-0.2, -0.15) is 0 Å². The first-order valence-electron chi connectivity index (χ1n) is 8.11. The fourth-order valence-corrected chi connectivity index (χ4v) is 3.06. The Labute approximate surface area is 147 Å². The molecule has 0 amide bonds. The van der Waals surface area contributed by atoms with Gasteiger partial charge in [0.1, 0.15) is 5.75 Å². The maximum atomic E-state index is 6.33. The molecule has 1 aliphatic heterocycles. The van der Waals surface area contributed by atoms with E-state index in [1.165, 1.54) is 0 Å². The summed E-state index contributed by atoms with van der Waals surface area (Å²) < 4.78 is 16.5. The maximum absolute atomic E-state index is 6.33. The van der Waals surface area contributed by atoms with E-state index in [0.29, 0.717) is 17.3 Å². The van der Waals surface area contributed by atoms with Crippen molar-refractivity contribution in [3.05, 3.63) is 52.5 Å². The highest BCUT2D eigenvalue weighted by Crippen LogP contribution is 2.35. The van der Waals surface area contributed by atoms with Crippen LogP contribution < -0.4 is 19.9 Å². The number of fused-ring (bicyclic) bond motifs is 1. The minimum Gasteiger partial charge on any atom is -0.489 e. The molecule has 5 heteroatoms. The van der Waals surface area contributed by atoms with Crippen LogP contribution in [-0.2, 0) is 6.42 Å². The van der Waals surface area contributed by atoms with Crippen molar-refractivity contribution in [2.75, 3.05) is 13.3 Å². The average molecular weight is 348 g/mol. The van der Waals surface area contributed by atoms with E-state index in [9.17, 15) is 0 Å². The summed E-state index contributed by atoms with van der Waals surface area (Å²) in [4.78, 5) is 0. The van der Waals surface area contributed by atoms with Gasteiger partial charge in [0.05, 0.1) is 11.1 Å².